The number of phenolic OH excluding ortho intramolecular Hbond substituents is 2. The second kappa shape index (κ2) is 40.3. The summed E-state index contributed by atoms with van der Waals surface area (Å²) in [6, 6.07) is 29.2. The highest BCUT2D eigenvalue weighted by molar-refractivity contribution is 5.92. The number of hydrogen-bond acceptors (Lipinski definition) is 16. The minimum atomic E-state index is -0.940. The second-order valence-corrected chi connectivity index (χ2v) is 18.5. The molecule has 0 aliphatic rings. The first-order chi connectivity index (χ1) is 39.6. The number of carboxylic acid groups (broad SMARTS) is 1. The lowest BCUT2D eigenvalue weighted by atomic mass is 10.1. The van der Waals surface area contributed by atoms with Crippen molar-refractivity contribution in [3.05, 3.63) is 175 Å². The Balaban J connectivity index is 0.000000462. The van der Waals surface area contributed by atoms with E-state index in [2.05, 4.69) is 19.7 Å². The van der Waals surface area contributed by atoms with Crippen molar-refractivity contribution >= 4 is 35.8 Å². The zero-order valence-corrected chi connectivity index (χ0v) is 47.2. The van der Waals surface area contributed by atoms with Crippen LogP contribution >= 0.6 is 0 Å². The van der Waals surface area contributed by atoms with Crippen molar-refractivity contribution in [3.63, 3.8) is 0 Å². The van der Waals surface area contributed by atoms with Crippen molar-refractivity contribution in [1.82, 2.24) is 0 Å². The Morgan fingerprint density at radius 2 is 0.732 bits per heavy atom. The Hall–Kier alpha value is -8.86. The van der Waals surface area contributed by atoms with E-state index in [-0.39, 0.29) is 23.0 Å². The summed E-state index contributed by atoms with van der Waals surface area (Å²) >= 11 is 0. The molecule has 82 heavy (non-hydrogen) atoms. The molecule has 0 fully saturated rings. The number of carbonyl (C=O) groups is 6. The molecule has 440 valence electrons. The van der Waals surface area contributed by atoms with Gasteiger partial charge < -0.3 is 53.2 Å². The van der Waals surface area contributed by atoms with E-state index in [1.807, 2.05) is 0 Å². The van der Waals surface area contributed by atoms with Gasteiger partial charge in [0, 0.05) is 18.2 Å². The van der Waals surface area contributed by atoms with Gasteiger partial charge in [-0.3, -0.25) is 0 Å². The van der Waals surface area contributed by atoms with E-state index in [4.69, 9.17) is 53.2 Å². The van der Waals surface area contributed by atoms with Crippen LogP contribution in [0.5, 0.6) is 40.2 Å². The number of phenols is 2. The third kappa shape index (κ3) is 29.4. The van der Waals surface area contributed by atoms with Gasteiger partial charge in [0.15, 0.2) is 0 Å². The molecule has 5 aromatic carbocycles. The predicted octanol–water partition coefficient (Wildman–Crippen LogP) is 13.4. The molecule has 0 spiro atoms. The number of rotatable bonds is 35. The highest BCUT2D eigenvalue weighted by Gasteiger charge is 2.14. The van der Waals surface area contributed by atoms with Crippen molar-refractivity contribution in [3.8, 4) is 40.2 Å². The molecule has 3 N–H and O–H groups in total. The topological polar surface area (TPSA) is 237 Å². The van der Waals surface area contributed by atoms with E-state index in [1.54, 1.807) is 92.7 Å². The molecule has 0 unspecified atom stereocenters. The zero-order chi connectivity index (χ0) is 59.7. The number of ether oxygens (including phenoxy) is 8. The monoisotopic (exact) mass is 1130 g/mol. The van der Waals surface area contributed by atoms with Crippen LogP contribution in [0.15, 0.2) is 147 Å². The Bertz CT molecular complexity index is 2750. The summed E-state index contributed by atoms with van der Waals surface area (Å²) < 4.78 is 43.1. The van der Waals surface area contributed by atoms with Crippen LogP contribution in [0.25, 0.3) is 0 Å². The van der Waals surface area contributed by atoms with Crippen LogP contribution in [0.1, 0.15) is 139 Å². The van der Waals surface area contributed by atoms with Gasteiger partial charge in [0.05, 0.1) is 56.3 Å². The lowest BCUT2D eigenvalue weighted by Crippen LogP contribution is -2.10. The molecule has 0 radical (unpaired) electrons. The molecule has 0 aliphatic carbocycles. The molecule has 0 atom stereocenters. The lowest BCUT2D eigenvalue weighted by Gasteiger charge is -2.11. The quantitative estimate of drug-likeness (QED) is 0.00854. The fourth-order valence-electron chi connectivity index (χ4n) is 7.30. The minimum Gasteiger partial charge on any atom is -0.508 e. The fraction of sp³-hybridized carbons (Fsp3) is 0.354. The van der Waals surface area contributed by atoms with Gasteiger partial charge >= 0.3 is 35.8 Å². The maximum Gasteiger partial charge on any atom is 0.343 e. The van der Waals surface area contributed by atoms with E-state index in [9.17, 15) is 28.8 Å². The third-order valence-electron chi connectivity index (χ3n) is 11.9. The highest BCUT2D eigenvalue weighted by atomic mass is 16.6. The van der Waals surface area contributed by atoms with Crippen molar-refractivity contribution in [1.29, 1.82) is 0 Å². The molecule has 5 aromatic rings. The molecule has 0 aromatic heterocycles. The van der Waals surface area contributed by atoms with Gasteiger partial charge in [0.25, 0.3) is 0 Å². The summed E-state index contributed by atoms with van der Waals surface area (Å²) in [5.41, 5.74) is 2.33. The minimum absolute atomic E-state index is 0.185. The number of unbranched alkanes of at least 4 members (excludes halogenated alkanes) is 12. The van der Waals surface area contributed by atoms with Crippen LogP contribution in [0.4, 0.5) is 0 Å². The van der Waals surface area contributed by atoms with Gasteiger partial charge in [-0.25, -0.2) is 28.8 Å². The van der Waals surface area contributed by atoms with Crippen molar-refractivity contribution in [2.75, 3.05) is 39.6 Å². The number of hydrogen-bond donors (Lipinski definition) is 3. The molecular weight excluding hydrogens is 1050 g/mol. The molecule has 5 rings (SSSR count). The molecule has 0 amide bonds. The molecule has 17 heteroatoms. The highest BCUT2D eigenvalue weighted by Crippen LogP contribution is 2.26. The normalized spacial score (nSPS) is 10.2. The SMILES string of the molecule is C=CC(=O)OCCCCCCCOc1ccc(C(=O)O)cc1.C=CC(=O)OCCCCCCCOc1ccc(C(=O)Oc2ccc(OC(=O)c3ccc(OCCCCCCCOC(=O)C=C)cc3)c(C)c2)cc1.Cc1cc(O)ccc1O. The van der Waals surface area contributed by atoms with Gasteiger partial charge in [0.2, 0.25) is 0 Å². The van der Waals surface area contributed by atoms with Crippen LogP contribution in [-0.2, 0) is 28.6 Å². The first-order valence-corrected chi connectivity index (χ1v) is 27.4. The maximum absolute atomic E-state index is 12.8. The molecule has 0 saturated carbocycles. The molecule has 17 nitrogen and oxygen atoms in total. The predicted molar refractivity (Wildman–Crippen MR) is 311 cm³/mol. The summed E-state index contributed by atoms with van der Waals surface area (Å²) in [5, 5.41) is 26.5. The van der Waals surface area contributed by atoms with Gasteiger partial charge in [0.1, 0.15) is 40.2 Å². The smallest absolute Gasteiger partial charge is 0.343 e. The van der Waals surface area contributed by atoms with Crippen LogP contribution in [0, 0.1) is 13.8 Å². The molecule has 0 heterocycles. The number of carbonyl (C=O) groups excluding carboxylic acids is 5. The Morgan fingerprint density at radius 1 is 0.390 bits per heavy atom. The summed E-state index contributed by atoms with van der Waals surface area (Å²) in [6.45, 7) is 16.6. The van der Waals surface area contributed by atoms with E-state index >= 15 is 0 Å². The Kier molecular flexibility index (Phi) is 33.2. The Morgan fingerprint density at radius 3 is 1.07 bits per heavy atom. The first-order valence-electron chi connectivity index (χ1n) is 27.4. The number of aromatic carboxylic acids is 1. The van der Waals surface area contributed by atoms with Crippen LogP contribution in [0.3, 0.4) is 0 Å². The summed E-state index contributed by atoms with van der Waals surface area (Å²) in [6.07, 6.45) is 17.9. The van der Waals surface area contributed by atoms with Gasteiger partial charge in [-0.1, -0.05) is 77.5 Å². The summed E-state index contributed by atoms with van der Waals surface area (Å²) in [4.78, 5) is 69.0. The first kappa shape index (κ1) is 67.4. The average molecular weight is 1130 g/mol. The lowest BCUT2D eigenvalue weighted by molar-refractivity contribution is -0.138. The van der Waals surface area contributed by atoms with Crippen LogP contribution < -0.4 is 23.7 Å². The zero-order valence-electron chi connectivity index (χ0n) is 47.2. The number of aryl methyl sites for hydroxylation is 2. The van der Waals surface area contributed by atoms with E-state index in [1.165, 1.54) is 36.4 Å². The van der Waals surface area contributed by atoms with Crippen molar-refractivity contribution in [2.24, 2.45) is 0 Å². The molecule has 0 saturated heterocycles. The number of carboxylic acids is 1. The Labute approximate surface area is 481 Å². The van der Waals surface area contributed by atoms with E-state index in [0.717, 1.165) is 108 Å². The number of aromatic hydroxyl groups is 2. The van der Waals surface area contributed by atoms with Crippen LogP contribution in [-0.4, -0.2) is 90.8 Å². The number of benzene rings is 5. The van der Waals surface area contributed by atoms with Crippen molar-refractivity contribution in [2.45, 2.75) is 110 Å². The number of esters is 5. The molecular formula is C65H78O17. The maximum atomic E-state index is 12.8. The summed E-state index contributed by atoms with van der Waals surface area (Å²) in [5.74, 6) is -0.0338. The van der Waals surface area contributed by atoms with Crippen molar-refractivity contribution < 1.29 is 82.0 Å². The summed E-state index contributed by atoms with van der Waals surface area (Å²) in [7, 11) is 0. The molecule has 0 bridgehead atoms. The standard InChI is InChI=1S/C41H48O10.C17H22O5.C7H8O2/c1-4-38(42)48-28-14-10-6-8-12-26-46-34-20-16-32(17-21-34)40(44)50-36-24-25-37(31(3)30-36)51-41(45)33-18-22-35(23-19-33)47-27-13-9-7-11-15-29-49-39(43)5-2;1-2-16(18)22-13-7-5-3-4-6-12-21-15-10-8-14(9-11-15)17(19)20;1-5-4-6(8)2-3-7(5)9/h4-5,16-25,30H,1-2,6-15,26-29H2,3H3;2,8-11H,1,3-7,12-13H2,(H,19,20);2-4,8-9H,1H3. The average Bonchev–Trinajstić information content (AvgIpc) is 3.61. The third-order valence-corrected chi connectivity index (χ3v) is 11.9. The van der Waals surface area contributed by atoms with Gasteiger partial charge in [-0.15, -0.1) is 0 Å². The molecule has 0 aliphatic heterocycles. The second-order valence-electron chi connectivity index (χ2n) is 18.5. The fourth-order valence-corrected chi connectivity index (χ4v) is 7.30. The largest absolute Gasteiger partial charge is 0.508 e. The van der Waals surface area contributed by atoms with Gasteiger partial charge in [-0.2, -0.15) is 0 Å². The van der Waals surface area contributed by atoms with Gasteiger partial charge in [-0.05, 0) is 173 Å². The van der Waals surface area contributed by atoms with Crippen LogP contribution in [0.2, 0.25) is 0 Å². The van der Waals surface area contributed by atoms with E-state index < -0.39 is 29.8 Å². The van der Waals surface area contributed by atoms with E-state index in [0.29, 0.717) is 90.6 Å².